The molecule has 1 aliphatic heterocycles. The number of rotatable bonds is 1. The van der Waals surface area contributed by atoms with E-state index in [1.807, 2.05) is 4.90 Å². The highest BCUT2D eigenvalue weighted by molar-refractivity contribution is 6.29. The summed E-state index contributed by atoms with van der Waals surface area (Å²) in [4.78, 5) is 17.9. The van der Waals surface area contributed by atoms with E-state index >= 15 is 0 Å². The van der Waals surface area contributed by atoms with Gasteiger partial charge in [-0.1, -0.05) is 30.9 Å². The van der Waals surface area contributed by atoms with Gasteiger partial charge in [0.15, 0.2) is 0 Å². The summed E-state index contributed by atoms with van der Waals surface area (Å²) in [6.07, 6.45) is 8.12. The molecule has 0 atom stereocenters. The van der Waals surface area contributed by atoms with Crippen LogP contribution in [0.5, 0.6) is 0 Å². The zero-order chi connectivity index (χ0) is 13.3. The van der Waals surface area contributed by atoms with Gasteiger partial charge in [-0.05, 0) is 25.0 Å². The standard InChI is InChI=1S/C14H18ClN3O/c15-12-5-4-11(8-16-12)17-13(19)18-9-14(10-18)6-2-1-3-7-14/h4-5,8H,1-3,6-7,9-10H2,(H,17,19). The molecule has 2 fully saturated rings. The maximum Gasteiger partial charge on any atom is 0.321 e. The van der Waals surface area contributed by atoms with Gasteiger partial charge in [-0.25, -0.2) is 9.78 Å². The van der Waals surface area contributed by atoms with Crippen molar-refractivity contribution in [1.29, 1.82) is 0 Å². The molecular formula is C14H18ClN3O. The van der Waals surface area contributed by atoms with Crippen molar-refractivity contribution in [3.63, 3.8) is 0 Å². The van der Waals surface area contributed by atoms with Gasteiger partial charge in [-0.3, -0.25) is 0 Å². The second-order valence-electron chi connectivity index (χ2n) is 5.72. The van der Waals surface area contributed by atoms with Crippen molar-refractivity contribution in [2.75, 3.05) is 18.4 Å². The van der Waals surface area contributed by atoms with Crippen LogP contribution < -0.4 is 5.32 Å². The van der Waals surface area contributed by atoms with E-state index in [0.717, 1.165) is 13.1 Å². The van der Waals surface area contributed by atoms with Gasteiger partial charge < -0.3 is 10.2 Å². The third kappa shape index (κ3) is 2.68. The van der Waals surface area contributed by atoms with Crippen molar-refractivity contribution in [1.82, 2.24) is 9.88 Å². The molecule has 0 bridgehead atoms. The van der Waals surface area contributed by atoms with E-state index in [4.69, 9.17) is 11.6 Å². The minimum absolute atomic E-state index is 0.0275. The highest BCUT2D eigenvalue weighted by Crippen LogP contribution is 2.43. The van der Waals surface area contributed by atoms with Gasteiger partial charge >= 0.3 is 6.03 Å². The number of nitrogens with zero attached hydrogens (tertiary/aromatic N) is 2. The lowest BCUT2D eigenvalue weighted by atomic mass is 9.69. The molecule has 0 unspecified atom stereocenters. The van der Waals surface area contributed by atoms with Crippen LogP contribution in [0.4, 0.5) is 10.5 Å². The number of aromatic nitrogens is 1. The molecule has 2 heterocycles. The topological polar surface area (TPSA) is 45.2 Å². The minimum Gasteiger partial charge on any atom is -0.323 e. The van der Waals surface area contributed by atoms with E-state index < -0.39 is 0 Å². The van der Waals surface area contributed by atoms with Crippen LogP contribution in [0.1, 0.15) is 32.1 Å². The Hall–Kier alpha value is -1.29. The molecule has 1 N–H and O–H groups in total. The summed E-state index contributed by atoms with van der Waals surface area (Å²) in [7, 11) is 0. The van der Waals surface area contributed by atoms with Gasteiger partial charge in [0.2, 0.25) is 0 Å². The Morgan fingerprint density at radius 1 is 1.26 bits per heavy atom. The number of hydrogen-bond acceptors (Lipinski definition) is 2. The zero-order valence-corrected chi connectivity index (χ0v) is 11.6. The molecule has 2 aliphatic rings. The SMILES string of the molecule is O=C(Nc1ccc(Cl)nc1)N1CC2(CCCCC2)C1. The van der Waals surface area contributed by atoms with Gasteiger partial charge in [0.1, 0.15) is 5.15 Å². The average Bonchev–Trinajstić information content (AvgIpc) is 2.39. The van der Waals surface area contributed by atoms with Gasteiger partial charge in [-0.2, -0.15) is 0 Å². The number of carbonyl (C=O) groups excluding carboxylic acids is 1. The third-order valence-corrected chi connectivity index (χ3v) is 4.46. The van der Waals surface area contributed by atoms with Crippen LogP contribution in [0.15, 0.2) is 18.3 Å². The minimum atomic E-state index is -0.0275. The first-order valence-electron chi connectivity index (χ1n) is 6.84. The number of pyridine rings is 1. The van der Waals surface area contributed by atoms with E-state index in [9.17, 15) is 4.79 Å². The summed E-state index contributed by atoms with van der Waals surface area (Å²) in [6.45, 7) is 1.81. The summed E-state index contributed by atoms with van der Waals surface area (Å²) < 4.78 is 0. The molecule has 4 nitrogen and oxygen atoms in total. The monoisotopic (exact) mass is 279 g/mol. The number of hydrogen-bond donors (Lipinski definition) is 1. The Balaban J connectivity index is 1.54. The Bertz CT molecular complexity index is 460. The predicted octanol–water partition coefficient (Wildman–Crippen LogP) is 3.53. The Morgan fingerprint density at radius 3 is 2.63 bits per heavy atom. The average molecular weight is 280 g/mol. The van der Waals surface area contributed by atoms with Crippen LogP contribution >= 0.6 is 11.6 Å². The van der Waals surface area contributed by atoms with Crippen LogP contribution in [0, 0.1) is 5.41 Å². The van der Waals surface area contributed by atoms with Gasteiger partial charge in [0, 0.05) is 18.5 Å². The first-order valence-corrected chi connectivity index (χ1v) is 7.22. The van der Waals surface area contributed by atoms with Crippen molar-refractivity contribution in [3.8, 4) is 0 Å². The highest BCUT2D eigenvalue weighted by atomic mass is 35.5. The summed E-state index contributed by atoms with van der Waals surface area (Å²) in [5, 5.41) is 3.29. The molecule has 1 saturated carbocycles. The Labute approximate surface area is 118 Å². The van der Waals surface area contributed by atoms with E-state index in [0.29, 0.717) is 16.3 Å². The summed E-state index contributed by atoms with van der Waals surface area (Å²) in [6, 6.07) is 3.42. The molecule has 19 heavy (non-hydrogen) atoms. The van der Waals surface area contributed by atoms with E-state index in [-0.39, 0.29) is 6.03 Å². The lowest BCUT2D eigenvalue weighted by Crippen LogP contribution is -2.60. The number of likely N-dealkylation sites (tertiary alicyclic amines) is 1. The fourth-order valence-electron chi connectivity index (χ4n) is 3.18. The van der Waals surface area contributed by atoms with Crippen LogP contribution in [0.25, 0.3) is 0 Å². The van der Waals surface area contributed by atoms with Gasteiger partial charge in [0.25, 0.3) is 0 Å². The van der Waals surface area contributed by atoms with Crippen LogP contribution in [0.2, 0.25) is 5.15 Å². The van der Waals surface area contributed by atoms with Gasteiger partial charge in [0.05, 0.1) is 11.9 Å². The Morgan fingerprint density at radius 2 is 2.00 bits per heavy atom. The number of halogens is 1. The molecular weight excluding hydrogens is 262 g/mol. The maximum absolute atomic E-state index is 12.1. The smallest absolute Gasteiger partial charge is 0.321 e. The zero-order valence-electron chi connectivity index (χ0n) is 10.9. The van der Waals surface area contributed by atoms with Crippen molar-refractivity contribution in [2.24, 2.45) is 5.41 Å². The number of carbonyl (C=O) groups is 1. The third-order valence-electron chi connectivity index (χ3n) is 4.23. The number of amides is 2. The number of urea groups is 1. The first kappa shape index (κ1) is 12.7. The Kier molecular flexibility index (Phi) is 3.35. The van der Waals surface area contributed by atoms with E-state index in [1.165, 1.54) is 32.1 Å². The molecule has 5 heteroatoms. The number of anilines is 1. The predicted molar refractivity (Wildman–Crippen MR) is 75.4 cm³/mol. The lowest BCUT2D eigenvalue weighted by Gasteiger charge is -2.52. The number of nitrogens with one attached hydrogen (secondary N) is 1. The lowest BCUT2D eigenvalue weighted by molar-refractivity contribution is 0.00515. The molecule has 3 rings (SSSR count). The molecule has 1 saturated heterocycles. The fraction of sp³-hybridized carbons (Fsp3) is 0.571. The fourth-order valence-corrected chi connectivity index (χ4v) is 3.29. The molecule has 1 aliphatic carbocycles. The van der Waals surface area contributed by atoms with Crippen molar-refractivity contribution in [3.05, 3.63) is 23.5 Å². The van der Waals surface area contributed by atoms with Crippen molar-refractivity contribution < 1.29 is 4.79 Å². The van der Waals surface area contributed by atoms with E-state index in [1.54, 1.807) is 18.3 Å². The van der Waals surface area contributed by atoms with Crippen LogP contribution in [-0.4, -0.2) is 29.0 Å². The van der Waals surface area contributed by atoms with Crippen LogP contribution in [-0.2, 0) is 0 Å². The molecule has 2 amide bonds. The quantitative estimate of drug-likeness (QED) is 0.799. The molecule has 102 valence electrons. The summed E-state index contributed by atoms with van der Waals surface area (Å²) in [5.74, 6) is 0. The normalized spacial score (nSPS) is 21.0. The molecule has 0 aromatic carbocycles. The molecule has 0 radical (unpaired) electrons. The molecule has 1 spiro atoms. The van der Waals surface area contributed by atoms with E-state index in [2.05, 4.69) is 10.3 Å². The first-order chi connectivity index (χ1) is 9.17. The van der Waals surface area contributed by atoms with Crippen LogP contribution in [0.3, 0.4) is 0 Å². The second kappa shape index (κ2) is 5.00. The largest absolute Gasteiger partial charge is 0.323 e. The molecule has 1 aromatic rings. The van der Waals surface area contributed by atoms with Crippen molar-refractivity contribution >= 4 is 23.3 Å². The highest BCUT2D eigenvalue weighted by Gasteiger charge is 2.45. The summed E-state index contributed by atoms with van der Waals surface area (Å²) >= 11 is 5.71. The maximum atomic E-state index is 12.1. The second-order valence-corrected chi connectivity index (χ2v) is 6.10. The van der Waals surface area contributed by atoms with Crippen molar-refractivity contribution in [2.45, 2.75) is 32.1 Å². The summed E-state index contributed by atoms with van der Waals surface area (Å²) in [5.41, 5.74) is 1.12. The molecule has 1 aromatic heterocycles. The van der Waals surface area contributed by atoms with Gasteiger partial charge in [-0.15, -0.1) is 0 Å².